The number of aryl methyl sites for hydroxylation is 1. The van der Waals surface area contributed by atoms with Gasteiger partial charge >= 0.3 is 5.97 Å². The second-order valence-corrected chi connectivity index (χ2v) is 5.30. The highest BCUT2D eigenvalue weighted by Crippen LogP contribution is 2.18. The molecule has 2 N–H and O–H groups in total. The van der Waals surface area contributed by atoms with E-state index in [0.717, 1.165) is 5.56 Å². The molecule has 0 saturated heterocycles. The molecule has 0 fully saturated rings. The summed E-state index contributed by atoms with van der Waals surface area (Å²) in [5.74, 6) is -0.911. The first-order valence-electron chi connectivity index (χ1n) is 5.94. The molecule has 2 aromatic rings. The van der Waals surface area contributed by atoms with E-state index in [-0.39, 0.29) is 6.61 Å². The summed E-state index contributed by atoms with van der Waals surface area (Å²) in [6.07, 6.45) is 0. The number of benzene rings is 2. The maximum atomic E-state index is 13.6. The van der Waals surface area contributed by atoms with E-state index < -0.39 is 11.8 Å². The van der Waals surface area contributed by atoms with Crippen LogP contribution >= 0.6 is 15.9 Å². The Balaban J connectivity index is 2.08. The third kappa shape index (κ3) is 3.36. The normalized spacial score (nSPS) is 10.3. The standard InChI is InChI=1S/C15H13BrFNO2/c1-9-6-12(18)4-5-13(9)15(19)20-8-10-2-3-11(16)7-14(10)17/h2-7H,8,18H2,1H3. The number of carbonyl (C=O) groups excluding carboxylic acids is 1. The molecule has 0 amide bonds. The first-order chi connectivity index (χ1) is 9.47. The lowest BCUT2D eigenvalue weighted by Gasteiger charge is -2.08. The van der Waals surface area contributed by atoms with Crippen LogP contribution in [-0.2, 0) is 11.3 Å². The molecule has 3 nitrogen and oxygen atoms in total. The predicted octanol–water partition coefficient (Wildman–Crippen LogP) is 3.84. The SMILES string of the molecule is Cc1cc(N)ccc1C(=O)OCc1ccc(Br)cc1F. The van der Waals surface area contributed by atoms with Crippen LogP contribution in [0.4, 0.5) is 10.1 Å². The van der Waals surface area contributed by atoms with Gasteiger partial charge in [-0.25, -0.2) is 9.18 Å². The van der Waals surface area contributed by atoms with E-state index in [2.05, 4.69) is 15.9 Å². The Morgan fingerprint density at radius 1 is 1.30 bits per heavy atom. The Morgan fingerprint density at radius 3 is 2.70 bits per heavy atom. The van der Waals surface area contributed by atoms with E-state index in [0.29, 0.717) is 21.3 Å². The Kier molecular flexibility index (Phi) is 4.39. The second-order valence-electron chi connectivity index (χ2n) is 4.39. The van der Waals surface area contributed by atoms with Gasteiger partial charge in [0.1, 0.15) is 12.4 Å². The van der Waals surface area contributed by atoms with Gasteiger partial charge in [-0.05, 0) is 42.8 Å². The first kappa shape index (κ1) is 14.5. The second kappa shape index (κ2) is 6.05. The van der Waals surface area contributed by atoms with Crippen molar-refractivity contribution in [2.45, 2.75) is 13.5 Å². The minimum absolute atomic E-state index is 0.109. The van der Waals surface area contributed by atoms with Gasteiger partial charge in [0.2, 0.25) is 0 Å². The molecule has 0 saturated carbocycles. The highest BCUT2D eigenvalue weighted by Gasteiger charge is 2.12. The highest BCUT2D eigenvalue weighted by atomic mass is 79.9. The van der Waals surface area contributed by atoms with Crippen LogP contribution in [0.5, 0.6) is 0 Å². The molecule has 0 aliphatic carbocycles. The third-order valence-electron chi connectivity index (χ3n) is 2.84. The van der Waals surface area contributed by atoms with Crippen molar-refractivity contribution in [2.75, 3.05) is 5.73 Å². The molecule has 20 heavy (non-hydrogen) atoms. The van der Waals surface area contributed by atoms with E-state index in [1.54, 1.807) is 37.3 Å². The lowest BCUT2D eigenvalue weighted by molar-refractivity contribution is 0.0468. The Hall–Kier alpha value is -1.88. The van der Waals surface area contributed by atoms with Gasteiger partial charge in [0.25, 0.3) is 0 Å². The quantitative estimate of drug-likeness (QED) is 0.683. The summed E-state index contributed by atoms with van der Waals surface area (Å²) in [4.78, 5) is 11.9. The minimum Gasteiger partial charge on any atom is -0.457 e. The summed E-state index contributed by atoms with van der Waals surface area (Å²) in [6.45, 7) is 1.66. The topological polar surface area (TPSA) is 52.3 Å². The molecule has 104 valence electrons. The summed E-state index contributed by atoms with van der Waals surface area (Å²) < 4.78 is 19.4. The summed E-state index contributed by atoms with van der Waals surface area (Å²) in [7, 11) is 0. The molecule has 0 atom stereocenters. The first-order valence-corrected chi connectivity index (χ1v) is 6.74. The monoisotopic (exact) mass is 337 g/mol. The fourth-order valence-corrected chi connectivity index (χ4v) is 2.11. The van der Waals surface area contributed by atoms with Crippen LogP contribution in [0.15, 0.2) is 40.9 Å². The average molecular weight is 338 g/mol. The van der Waals surface area contributed by atoms with E-state index in [9.17, 15) is 9.18 Å². The van der Waals surface area contributed by atoms with Crippen molar-refractivity contribution in [3.8, 4) is 0 Å². The Bertz CT molecular complexity index is 658. The fraction of sp³-hybridized carbons (Fsp3) is 0.133. The van der Waals surface area contributed by atoms with Gasteiger partial charge in [0.05, 0.1) is 5.56 Å². The molecule has 2 rings (SSSR count). The fourth-order valence-electron chi connectivity index (χ4n) is 1.78. The number of ether oxygens (including phenoxy) is 1. The van der Waals surface area contributed by atoms with E-state index in [4.69, 9.17) is 10.5 Å². The van der Waals surface area contributed by atoms with Crippen LogP contribution in [0, 0.1) is 12.7 Å². The zero-order valence-electron chi connectivity index (χ0n) is 10.8. The number of carbonyl (C=O) groups is 1. The highest BCUT2D eigenvalue weighted by molar-refractivity contribution is 9.10. The molecule has 0 aliphatic heterocycles. The number of esters is 1. The van der Waals surface area contributed by atoms with Gasteiger partial charge in [-0.3, -0.25) is 0 Å². The van der Waals surface area contributed by atoms with E-state index in [1.165, 1.54) is 6.07 Å². The number of nitrogens with two attached hydrogens (primary N) is 1. The van der Waals surface area contributed by atoms with Gasteiger partial charge in [0, 0.05) is 15.7 Å². The van der Waals surface area contributed by atoms with Crippen LogP contribution in [0.3, 0.4) is 0 Å². The molecule has 5 heteroatoms. The molecular formula is C15H13BrFNO2. The summed E-state index contributed by atoms with van der Waals surface area (Å²) in [5.41, 5.74) is 7.69. The van der Waals surface area contributed by atoms with Crippen LogP contribution in [0.25, 0.3) is 0 Å². The van der Waals surface area contributed by atoms with E-state index >= 15 is 0 Å². The van der Waals surface area contributed by atoms with Gasteiger partial charge in [-0.1, -0.05) is 22.0 Å². The number of hydrogen-bond donors (Lipinski definition) is 1. The molecule has 0 aliphatic rings. The number of anilines is 1. The van der Waals surface area contributed by atoms with Crippen molar-refractivity contribution >= 4 is 27.6 Å². The summed E-state index contributed by atoms with van der Waals surface area (Å²) in [6, 6.07) is 9.52. The molecule has 2 aromatic carbocycles. The smallest absolute Gasteiger partial charge is 0.338 e. The average Bonchev–Trinajstić information content (AvgIpc) is 2.37. The number of halogens is 2. The number of nitrogen functional groups attached to an aromatic ring is 1. The van der Waals surface area contributed by atoms with Crippen LogP contribution < -0.4 is 5.73 Å². The van der Waals surface area contributed by atoms with Crippen molar-refractivity contribution in [3.05, 3.63) is 63.4 Å². The molecular weight excluding hydrogens is 325 g/mol. The third-order valence-corrected chi connectivity index (χ3v) is 3.34. The van der Waals surface area contributed by atoms with Crippen LogP contribution in [0.1, 0.15) is 21.5 Å². The predicted molar refractivity (Wildman–Crippen MR) is 78.8 cm³/mol. The summed E-state index contributed by atoms with van der Waals surface area (Å²) >= 11 is 3.17. The Morgan fingerprint density at radius 2 is 2.05 bits per heavy atom. The van der Waals surface area contributed by atoms with E-state index in [1.807, 2.05) is 0 Å². The molecule has 0 aromatic heterocycles. The number of hydrogen-bond acceptors (Lipinski definition) is 3. The molecule has 0 unspecified atom stereocenters. The van der Waals surface area contributed by atoms with Crippen molar-refractivity contribution in [3.63, 3.8) is 0 Å². The molecule has 0 spiro atoms. The van der Waals surface area contributed by atoms with Gasteiger partial charge in [0.15, 0.2) is 0 Å². The van der Waals surface area contributed by atoms with Crippen molar-refractivity contribution in [1.29, 1.82) is 0 Å². The van der Waals surface area contributed by atoms with Crippen molar-refractivity contribution in [1.82, 2.24) is 0 Å². The lowest BCUT2D eigenvalue weighted by atomic mass is 10.1. The Labute approximate surface area is 124 Å². The van der Waals surface area contributed by atoms with Crippen molar-refractivity contribution < 1.29 is 13.9 Å². The van der Waals surface area contributed by atoms with Crippen molar-refractivity contribution in [2.24, 2.45) is 0 Å². The van der Waals surface area contributed by atoms with Crippen LogP contribution in [0.2, 0.25) is 0 Å². The zero-order valence-corrected chi connectivity index (χ0v) is 12.4. The zero-order chi connectivity index (χ0) is 14.7. The largest absolute Gasteiger partial charge is 0.457 e. The maximum absolute atomic E-state index is 13.6. The van der Waals surface area contributed by atoms with Gasteiger partial charge in [-0.2, -0.15) is 0 Å². The molecule has 0 heterocycles. The van der Waals surface area contributed by atoms with Gasteiger partial charge < -0.3 is 10.5 Å². The minimum atomic E-state index is -0.496. The molecule has 0 radical (unpaired) electrons. The van der Waals surface area contributed by atoms with Crippen LogP contribution in [-0.4, -0.2) is 5.97 Å². The van der Waals surface area contributed by atoms with Gasteiger partial charge in [-0.15, -0.1) is 0 Å². The number of rotatable bonds is 3. The summed E-state index contributed by atoms with van der Waals surface area (Å²) in [5, 5.41) is 0. The molecule has 0 bridgehead atoms. The maximum Gasteiger partial charge on any atom is 0.338 e. The lowest BCUT2D eigenvalue weighted by Crippen LogP contribution is -2.08.